The molecular formula is C22H27NO4. The number of methoxy groups -OCH3 is 1. The normalized spacial score (nSPS) is 15.4. The molecule has 0 fully saturated rings. The van der Waals surface area contributed by atoms with Crippen molar-refractivity contribution in [2.24, 2.45) is 5.92 Å². The molecule has 0 radical (unpaired) electrons. The van der Waals surface area contributed by atoms with Crippen LogP contribution >= 0.6 is 0 Å². The van der Waals surface area contributed by atoms with Crippen molar-refractivity contribution in [2.75, 3.05) is 26.9 Å². The van der Waals surface area contributed by atoms with Crippen LogP contribution < -0.4 is 19.5 Å². The second-order valence-electron chi connectivity index (χ2n) is 6.77. The molecule has 1 N–H and O–H groups in total. The van der Waals surface area contributed by atoms with Crippen molar-refractivity contribution in [3.63, 3.8) is 0 Å². The van der Waals surface area contributed by atoms with Gasteiger partial charge in [-0.3, -0.25) is 4.79 Å². The van der Waals surface area contributed by atoms with Crippen molar-refractivity contribution in [1.29, 1.82) is 0 Å². The van der Waals surface area contributed by atoms with Gasteiger partial charge in [0.25, 0.3) is 5.91 Å². The van der Waals surface area contributed by atoms with Gasteiger partial charge >= 0.3 is 0 Å². The van der Waals surface area contributed by atoms with Crippen LogP contribution in [0.4, 0.5) is 0 Å². The average molecular weight is 369 g/mol. The Hall–Kier alpha value is -2.69. The molecule has 0 saturated heterocycles. The molecule has 1 unspecified atom stereocenters. The Morgan fingerprint density at radius 2 is 2.07 bits per heavy atom. The third-order valence-electron chi connectivity index (χ3n) is 4.69. The van der Waals surface area contributed by atoms with Crippen molar-refractivity contribution in [3.05, 3.63) is 53.6 Å². The van der Waals surface area contributed by atoms with Crippen molar-refractivity contribution in [3.8, 4) is 17.2 Å². The highest BCUT2D eigenvalue weighted by Gasteiger charge is 2.20. The van der Waals surface area contributed by atoms with Gasteiger partial charge in [0.1, 0.15) is 5.75 Å². The lowest BCUT2D eigenvalue weighted by Gasteiger charge is -2.25. The first-order valence-corrected chi connectivity index (χ1v) is 9.51. The van der Waals surface area contributed by atoms with E-state index in [2.05, 4.69) is 18.3 Å². The quantitative estimate of drug-likeness (QED) is 0.718. The molecule has 2 aromatic carbocycles. The maximum Gasteiger partial charge on any atom is 0.251 e. The molecule has 144 valence electrons. The van der Waals surface area contributed by atoms with Crippen molar-refractivity contribution >= 4 is 5.91 Å². The van der Waals surface area contributed by atoms with Crippen LogP contribution in [0, 0.1) is 5.92 Å². The van der Waals surface area contributed by atoms with Crippen LogP contribution in [0.1, 0.15) is 35.7 Å². The summed E-state index contributed by atoms with van der Waals surface area (Å²) in [6, 6.07) is 13.3. The summed E-state index contributed by atoms with van der Waals surface area (Å²) >= 11 is 0. The first-order valence-electron chi connectivity index (χ1n) is 9.51. The number of carbonyl (C=O) groups excluding carboxylic acids is 1. The highest BCUT2D eigenvalue weighted by atomic mass is 16.5. The monoisotopic (exact) mass is 369 g/mol. The van der Waals surface area contributed by atoms with E-state index < -0.39 is 0 Å². The molecule has 27 heavy (non-hydrogen) atoms. The van der Waals surface area contributed by atoms with E-state index in [0.29, 0.717) is 36.8 Å². The minimum absolute atomic E-state index is 0.118. The maximum absolute atomic E-state index is 12.5. The number of carbonyl (C=O) groups is 1. The Labute approximate surface area is 160 Å². The van der Waals surface area contributed by atoms with Crippen LogP contribution in [-0.4, -0.2) is 32.8 Å². The van der Waals surface area contributed by atoms with Crippen molar-refractivity contribution in [1.82, 2.24) is 5.32 Å². The maximum atomic E-state index is 12.5. The Balaban J connectivity index is 1.56. The molecule has 0 spiro atoms. The SMILES string of the molecule is CCCCOc1ccc(C(=O)NCC2COc3ccccc3C2)cc1OC. The fourth-order valence-electron chi connectivity index (χ4n) is 3.12. The summed E-state index contributed by atoms with van der Waals surface area (Å²) in [5, 5.41) is 3.01. The molecule has 5 nitrogen and oxygen atoms in total. The minimum atomic E-state index is -0.118. The third-order valence-corrected chi connectivity index (χ3v) is 4.69. The standard InChI is InChI=1S/C22H27NO4/c1-3-4-11-26-20-10-9-18(13-21(20)25-2)22(24)23-14-16-12-17-7-5-6-8-19(17)27-15-16/h5-10,13,16H,3-4,11-12,14-15H2,1-2H3,(H,23,24). The average Bonchev–Trinajstić information content (AvgIpc) is 2.72. The van der Waals surface area contributed by atoms with Crippen LogP contribution in [0.15, 0.2) is 42.5 Å². The Bertz CT molecular complexity index is 775. The lowest BCUT2D eigenvalue weighted by molar-refractivity contribution is 0.0938. The Morgan fingerprint density at radius 3 is 2.89 bits per heavy atom. The molecule has 2 aromatic rings. The van der Waals surface area contributed by atoms with Gasteiger partial charge in [-0.05, 0) is 42.7 Å². The van der Waals surface area contributed by atoms with E-state index in [-0.39, 0.29) is 11.8 Å². The zero-order chi connectivity index (χ0) is 19.1. The predicted molar refractivity (Wildman–Crippen MR) is 105 cm³/mol. The molecule has 1 aliphatic rings. The number of nitrogens with one attached hydrogen (secondary N) is 1. The number of benzene rings is 2. The summed E-state index contributed by atoms with van der Waals surface area (Å²) in [5.74, 6) is 2.34. The molecule has 1 atom stereocenters. The van der Waals surface area contributed by atoms with Crippen molar-refractivity contribution < 1.29 is 19.0 Å². The molecular weight excluding hydrogens is 342 g/mol. The first-order chi connectivity index (χ1) is 13.2. The molecule has 1 amide bonds. The summed E-state index contributed by atoms with van der Waals surface area (Å²) in [6.45, 7) is 3.95. The molecule has 1 aliphatic heterocycles. The van der Waals surface area contributed by atoms with Crippen molar-refractivity contribution in [2.45, 2.75) is 26.2 Å². The van der Waals surface area contributed by atoms with Crippen LogP contribution in [0.25, 0.3) is 0 Å². The fourth-order valence-corrected chi connectivity index (χ4v) is 3.12. The summed E-state index contributed by atoms with van der Waals surface area (Å²) in [6.07, 6.45) is 2.96. The van der Waals surface area contributed by atoms with Gasteiger partial charge < -0.3 is 19.5 Å². The lowest BCUT2D eigenvalue weighted by Crippen LogP contribution is -2.34. The number of rotatable bonds is 8. The van der Waals surface area contributed by atoms with E-state index in [9.17, 15) is 4.79 Å². The van der Waals surface area contributed by atoms with E-state index in [4.69, 9.17) is 14.2 Å². The molecule has 1 heterocycles. The Kier molecular flexibility index (Phi) is 6.58. The van der Waals surface area contributed by atoms with Crippen LogP contribution in [0.2, 0.25) is 0 Å². The summed E-state index contributed by atoms with van der Waals surface area (Å²) in [4.78, 5) is 12.5. The van der Waals surface area contributed by atoms with Crippen LogP contribution in [0.3, 0.4) is 0 Å². The largest absolute Gasteiger partial charge is 0.493 e. The van der Waals surface area contributed by atoms with Gasteiger partial charge in [-0.15, -0.1) is 0 Å². The number of ether oxygens (including phenoxy) is 3. The van der Waals surface area contributed by atoms with Crippen LogP contribution in [0.5, 0.6) is 17.2 Å². The summed E-state index contributed by atoms with van der Waals surface area (Å²) < 4.78 is 16.9. The number of unbranched alkanes of at least 4 members (excludes halogenated alkanes) is 1. The molecule has 5 heteroatoms. The van der Waals surface area contributed by atoms with Gasteiger partial charge in [0.2, 0.25) is 0 Å². The van der Waals surface area contributed by atoms with Gasteiger partial charge in [0, 0.05) is 18.0 Å². The smallest absolute Gasteiger partial charge is 0.251 e. The molecule has 3 rings (SSSR count). The van der Waals surface area contributed by atoms with Gasteiger partial charge in [-0.2, -0.15) is 0 Å². The van der Waals surface area contributed by atoms with Gasteiger partial charge in [-0.1, -0.05) is 31.5 Å². The number of para-hydroxylation sites is 1. The third kappa shape index (κ3) is 4.94. The predicted octanol–water partition coefficient (Wildman–Crippen LogP) is 3.86. The second kappa shape index (κ2) is 9.31. The zero-order valence-electron chi connectivity index (χ0n) is 16.0. The number of amides is 1. The van der Waals surface area contributed by atoms with E-state index in [1.54, 1.807) is 25.3 Å². The van der Waals surface area contributed by atoms with Gasteiger partial charge in [0.15, 0.2) is 11.5 Å². The van der Waals surface area contributed by atoms with E-state index in [0.717, 1.165) is 25.0 Å². The van der Waals surface area contributed by atoms with E-state index in [1.807, 2.05) is 18.2 Å². The molecule has 0 saturated carbocycles. The number of fused-ring (bicyclic) bond motifs is 1. The number of hydrogen-bond donors (Lipinski definition) is 1. The zero-order valence-corrected chi connectivity index (χ0v) is 16.0. The first kappa shape index (κ1) is 19.1. The molecule has 0 bridgehead atoms. The van der Waals surface area contributed by atoms with Gasteiger partial charge in [0.05, 0.1) is 20.3 Å². The van der Waals surface area contributed by atoms with E-state index in [1.165, 1.54) is 5.56 Å². The second-order valence-corrected chi connectivity index (χ2v) is 6.77. The highest BCUT2D eigenvalue weighted by molar-refractivity contribution is 5.94. The van der Waals surface area contributed by atoms with Crippen LogP contribution in [-0.2, 0) is 6.42 Å². The van der Waals surface area contributed by atoms with Gasteiger partial charge in [-0.25, -0.2) is 0 Å². The van der Waals surface area contributed by atoms with E-state index >= 15 is 0 Å². The lowest BCUT2D eigenvalue weighted by atomic mass is 9.96. The summed E-state index contributed by atoms with van der Waals surface area (Å²) in [5.41, 5.74) is 1.75. The fraction of sp³-hybridized carbons (Fsp3) is 0.409. The molecule has 0 aliphatic carbocycles. The Morgan fingerprint density at radius 1 is 1.22 bits per heavy atom. The minimum Gasteiger partial charge on any atom is -0.493 e. The highest BCUT2D eigenvalue weighted by Crippen LogP contribution is 2.29. The molecule has 0 aromatic heterocycles. The summed E-state index contributed by atoms with van der Waals surface area (Å²) in [7, 11) is 1.58. The topological polar surface area (TPSA) is 56.8 Å². The number of hydrogen-bond acceptors (Lipinski definition) is 4.